The molecule has 0 radical (unpaired) electrons. The normalized spacial score (nSPS) is 11.0. The average Bonchev–Trinajstić information content (AvgIpc) is 2.18. The third kappa shape index (κ3) is 3.10. The Morgan fingerprint density at radius 3 is 2.35 bits per heavy atom. The number of carbonyl (C=O) groups is 1. The van der Waals surface area contributed by atoms with Gasteiger partial charge in [0, 0.05) is 12.3 Å². The molecular weight excluding hydrogens is 246 g/mol. The number of hydrogen-bond acceptors (Lipinski definition) is 5. The number of benzene rings is 1. The monoisotopic (exact) mass is 259 g/mol. The number of sulfone groups is 1. The minimum Gasteiger partial charge on any atom is -0.493 e. The molecule has 0 unspecified atom stereocenters. The van der Waals surface area contributed by atoms with E-state index in [-0.39, 0.29) is 16.4 Å². The first-order valence-electron chi connectivity index (χ1n) is 4.61. The first-order valence-corrected chi connectivity index (χ1v) is 6.51. The number of aryl methyl sites for hydroxylation is 1. The minimum atomic E-state index is -3.35. The van der Waals surface area contributed by atoms with E-state index in [1.165, 1.54) is 19.2 Å². The van der Waals surface area contributed by atoms with Gasteiger partial charge in [-0.2, -0.15) is 0 Å². The van der Waals surface area contributed by atoms with Crippen molar-refractivity contribution in [2.24, 2.45) is 5.73 Å². The Bertz CT molecular complexity index is 550. The topological polar surface area (TPSA) is 95.7 Å². The molecule has 7 heteroatoms. The highest BCUT2D eigenvalue weighted by molar-refractivity contribution is 7.90. The van der Waals surface area contributed by atoms with E-state index < -0.39 is 15.9 Å². The fourth-order valence-electron chi connectivity index (χ4n) is 1.31. The number of primary amides is 1. The van der Waals surface area contributed by atoms with Crippen molar-refractivity contribution >= 4 is 15.9 Å². The minimum absolute atomic E-state index is 0.0867. The van der Waals surface area contributed by atoms with E-state index in [0.29, 0.717) is 5.56 Å². The quantitative estimate of drug-likeness (QED) is 0.868. The van der Waals surface area contributed by atoms with Crippen LogP contribution < -0.4 is 15.2 Å². The van der Waals surface area contributed by atoms with Crippen LogP contribution in [0.2, 0.25) is 0 Å². The second kappa shape index (κ2) is 4.62. The molecule has 1 aromatic carbocycles. The highest BCUT2D eigenvalue weighted by Crippen LogP contribution is 2.33. The van der Waals surface area contributed by atoms with Crippen molar-refractivity contribution < 1.29 is 22.7 Å². The molecule has 0 aromatic heterocycles. The van der Waals surface area contributed by atoms with Gasteiger partial charge in [0.05, 0.1) is 12.0 Å². The lowest BCUT2D eigenvalue weighted by Gasteiger charge is -2.12. The van der Waals surface area contributed by atoms with Gasteiger partial charge in [0.1, 0.15) is 0 Å². The van der Waals surface area contributed by atoms with Gasteiger partial charge in [0.25, 0.3) is 0 Å². The Labute approximate surface area is 99.2 Å². The average molecular weight is 259 g/mol. The molecule has 2 N–H and O–H groups in total. The smallest absolute Gasteiger partial charge is 0.410 e. The molecule has 0 heterocycles. The van der Waals surface area contributed by atoms with Crippen molar-refractivity contribution in [3.05, 3.63) is 17.7 Å². The molecular formula is C10H13NO5S. The number of nitrogens with two attached hydrogens (primary N) is 1. The fourth-order valence-corrected chi connectivity index (χ4v) is 2.02. The summed E-state index contributed by atoms with van der Waals surface area (Å²) in [7, 11) is -2.01. The molecule has 0 aliphatic carbocycles. The van der Waals surface area contributed by atoms with Crippen LogP contribution in [0.3, 0.4) is 0 Å². The van der Waals surface area contributed by atoms with E-state index in [0.717, 1.165) is 6.26 Å². The standard InChI is InChI=1S/C10H13NO5S/c1-6-4-7(17(3,13)14)5-8(15-2)9(6)16-10(11)12/h4-5H,1-3H3,(H2,11,12). The van der Waals surface area contributed by atoms with Gasteiger partial charge in [-0.15, -0.1) is 0 Å². The summed E-state index contributed by atoms with van der Waals surface area (Å²) in [5.74, 6) is 0.261. The Hall–Kier alpha value is -1.76. The lowest BCUT2D eigenvalue weighted by molar-refractivity contribution is 0.208. The number of rotatable bonds is 3. The SMILES string of the molecule is COc1cc(S(C)(=O)=O)cc(C)c1OC(N)=O. The van der Waals surface area contributed by atoms with Crippen molar-refractivity contribution in [3.8, 4) is 11.5 Å². The summed E-state index contributed by atoms with van der Waals surface area (Å²) in [5.41, 5.74) is 5.35. The summed E-state index contributed by atoms with van der Waals surface area (Å²) in [6, 6.07) is 2.66. The molecule has 94 valence electrons. The Morgan fingerprint density at radius 2 is 1.94 bits per heavy atom. The van der Waals surface area contributed by atoms with Crippen LogP contribution in [0.25, 0.3) is 0 Å². The van der Waals surface area contributed by atoms with Crippen LogP contribution in [-0.2, 0) is 9.84 Å². The number of methoxy groups -OCH3 is 1. The molecule has 1 rings (SSSR count). The van der Waals surface area contributed by atoms with Gasteiger partial charge in [-0.3, -0.25) is 0 Å². The number of ether oxygens (including phenoxy) is 2. The molecule has 1 amide bonds. The van der Waals surface area contributed by atoms with Crippen LogP contribution in [-0.4, -0.2) is 27.9 Å². The first-order chi connectivity index (χ1) is 7.75. The lowest BCUT2D eigenvalue weighted by Crippen LogP contribution is -2.17. The first kappa shape index (κ1) is 13.3. The Kier molecular flexibility index (Phi) is 3.62. The lowest BCUT2D eigenvalue weighted by atomic mass is 10.2. The highest BCUT2D eigenvalue weighted by atomic mass is 32.2. The van der Waals surface area contributed by atoms with E-state index >= 15 is 0 Å². The third-order valence-electron chi connectivity index (χ3n) is 2.06. The van der Waals surface area contributed by atoms with Crippen LogP contribution in [0.15, 0.2) is 17.0 Å². The van der Waals surface area contributed by atoms with Crippen molar-refractivity contribution in [3.63, 3.8) is 0 Å². The Balaban J connectivity index is 3.41. The van der Waals surface area contributed by atoms with Crippen molar-refractivity contribution in [2.45, 2.75) is 11.8 Å². The summed E-state index contributed by atoms with van der Waals surface area (Å²) < 4.78 is 32.5. The third-order valence-corrected chi connectivity index (χ3v) is 3.16. The zero-order valence-corrected chi connectivity index (χ0v) is 10.5. The van der Waals surface area contributed by atoms with E-state index in [9.17, 15) is 13.2 Å². The van der Waals surface area contributed by atoms with Crippen LogP contribution in [0.1, 0.15) is 5.56 Å². The van der Waals surface area contributed by atoms with E-state index in [2.05, 4.69) is 0 Å². The molecule has 0 saturated heterocycles. The Morgan fingerprint density at radius 1 is 1.35 bits per heavy atom. The van der Waals surface area contributed by atoms with E-state index in [1.807, 2.05) is 0 Å². The van der Waals surface area contributed by atoms with Gasteiger partial charge in [0.2, 0.25) is 0 Å². The van der Waals surface area contributed by atoms with Gasteiger partial charge in [-0.25, -0.2) is 13.2 Å². The van der Waals surface area contributed by atoms with Crippen LogP contribution in [0, 0.1) is 6.92 Å². The summed E-state index contributed by atoms with van der Waals surface area (Å²) in [6.45, 7) is 1.59. The van der Waals surface area contributed by atoms with Gasteiger partial charge < -0.3 is 15.2 Å². The highest BCUT2D eigenvalue weighted by Gasteiger charge is 2.17. The largest absolute Gasteiger partial charge is 0.493 e. The number of hydrogen-bond donors (Lipinski definition) is 1. The fraction of sp³-hybridized carbons (Fsp3) is 0.300. The second-order valence-corrected chi connectivity index (χ2v) is 5.48. The predicted octanol–water partition coefficient (Wildman–Crippen LogP) is 0.865. The molecule has 0 spiro atoms. The second-order valence-electron chi connectivity index (χ2n) is 3.46. The molecule has 0 aliphatic heterocycles. The maximum atomic E-state index is 11.4. The van der Waals surface area contributed by atoms with Gasteiger partial charge in [-0.05, 0) is 18.6 Å². The van der Waals surface area contributed by atoms with E-state index in [4.69, 9.17) is 15.2 Å². The maximum absolute atomic E-state index is 11.4. The summed E-state index contributed by atoms with van der Waals surface area (Å²) in [5, 5.41) is 0. The molecule has 0 atom stereocenters. The zero-order valence-electron chi connectivity index (χ0n) is 9.68. The maximum Gasteiger partial charge on any atom is 0.410 e. The summed E-state index contributed by atoms with van der Waals surface area (Å²) in [6.07, 6.45) is 0.0917. The summed E-state index contributed by atoms with van der Waals surface area (Å²) >= 11 is 0. The molecule has 0 saturated carbocycles. The predicted molar refractivity (Wildman–Crippen MR) is 61.1 cm³/mol. The summed E-state index contributed by atoms with van der Waals surface area (Å²) in [4.78, 5) is 10.8. The van der Waals surface area contributed by atoms with Crippen LogP contribution in [0.5, 0.6) is 11.5 Å². The van der Waals surface area contributed by atoms with Crippen molar-refractivity contribution in [2.75, 3.05) is 13.4 Å². The van der Waals surface area contributed by atoms with Gasteiger partial charge in [-0.1, -0.05) is 0 Å². The number of amides is 1. The molecule has 17 heavy (non-hydrogen) atoms. The van der Waals surface area contributed by atoms with Crippen LogP contribution in [0.4, 0.5) is 4.79 Å². The molecule has 6 nitrogen and oxygen atoms in total. The van der Waals surface area contributed by atoms with Gasteiger partial charge >= 0.3 is 6.09 Å². The zero-order chi connectivity index (χ0) is 13.2. The van der Waals surface area contributed by atoms with Crippen molar-refractivity contribution in [1.29, 1.82) is 0 Å². The van der Waals surface area contributed by atoms with E-state index in [1.54, 1.807) is 6.92 Å². The van der Waals surface area contributed by atoms with Crippen LogP contribution >= 0.6 is 0 Å². The van der Waals surface area contributed by atoms with Gasteiger partial charge in [0.15, 0.2) is 21.3 Å². The molecule has 0 aliphatic rings. The molecule has 1 aromatic rings. The molecule has 0 bridgehead atoms. The number of carbonyl (C=O) groups excluding carboxylic acids is 1. The molecule has 0 fully saturated rings. The van der Waals surface area contributed by atoms with Crippen molar-refractivity contribution in [1.82, 2.24) is 0 Å².